The van der Waals surface area contributed by atoms with E-state index in [1.54, 1.807) is 13.8 Å². The lowest BCUT2D eigenvalue weighted by atomic mass is 9.92. The molecule has 0 saturated heterocycles. The Morgan fingerprint density at radius 1 is 0.556 bits per heavy atom. The molecule has 0 fully saturated rings. The lowest BCUT2D eigenvalue weighted by Crippen LogP contribution is -2.44. The van der Waals surface area contributed by atoms with Gasteiger partial charge in [-0.15, -0.1) is 0 Å². The van der Waals surface area contributed by atoms with Crippen molar-refractivity contribution in [2.75, 3.05) is 26.4 Å². The number of rotatable bonds is 14. The van der Waals surface area contributed by atoms with Gasteiger partial charge >= 0.3 is 23.9 Å². The van der Waals surface area contributed by atoms with Gasteiger partial charge in [-0.1, -0.05) is 27.7 Å². The molecule has 156 valence electrons. The van der Waals surface area contributed by atoms with Crippen molar-refractivity contribution in [2.45, 2.75) is 66.2 Å². The van der Waals surface area contributed by atoms with Crippen molar-refractivity contribution in [1.29, 1.82) is 0 Å². The summed E-state index contributed by atoms with van der Waals surface area (Å²) >= 11 is 0. The summed E-state index contributed by atoms with van der Waals surface area (Å²) in [5, 5.41) is 0. The average Bonchev–Trinajstić information content (AvgIpc) is 2.66. The highest BCUT2D eigenvalue weighted by molar-refractivity contribution is 5.70. The Balaban J connectivity index is 5.28. The first-order chi connectivity index (χ1) is 12.8. The van der Waals surface area contributed by atoms with Crippen LogP contribution >= 0.6 is 0 Å². The van der Waals surface area contributed by atoms with E-state index < -0.39 is 29.3 Å². The van der Waals surface area contributed by atoms with Crippen LogP contribution < -0.4 is 0 Å². The molecule has 0 spiro atoms. The van der Waals surface area contributed by atoms with Crippen LogP contribution in [0, 0.1) is 5.41 Å². The van der Waals surface area contributed by atoms with Gasteiger partial charge in [0.15, 0.2) is 0 Å². The monoisotopic (exact) mass is 388 g/mol. The van der Waals surface area contributed by atoms with Crippen molar-refractivity contribution in [3.63, 3.8) is 0 Å². The molecular weight excluding hydrogens is 356 g/mol. The Hall–Kier alpha value is -2.12. The third-order valence-electron chi connectivity index (χ3n) is 3.64. The number of carbonyl (C=O) groups excluding carboxylic acids is 4. The first kappa shape index (κ1) is 24.9. The minimum absolute atomic E-state index is 0.163. The van der Waals surface area contributed by atoms with Gasteiger partial charge in [0.25, 0.3) is 0 Å². The third kappa shape index (κ3) is 11.2. The maximum absolute atomic E-state index is 11.8. The van der Waals surface area contributed by atoms with Crippen LogP contribution in [-0.4, -0.2) is 50.3 Å². The lowest BCUT2D eigenvalue weighted by molar-refractivity contribution is -0.170. The molecule has 0 unspecified atom stereocenters. The fourth-order valence-corrected chi connectivity index (χ4v) is 1.94. The molecule has 8 nitrogen and oxygen atoms in total. The van der Waals surface area contributed by atoms with Crippen molar-refractivity contribution in [3.8, 4) is 0 Å². The fourth-order valence-electron chi connectivity index (χ4n) is 1.94. The standard InChI is InChI=1S/C19H32O8/c1-5-9-17(22)26-13-19(11-24-15(20)7-3,12-25-16(21)8-4)14-27-18(23)10-6-2/h5-14H2,1-4H3. The highest BCUT2D eigenvalue weighted by atomic mass is 16.6. The molecule has 0 aromatic carbocycles. The van der Waals surface area contributed by atoms with E-state index in [4.69, 9.17) is 18.9 Å². The number of carbonyl (C=O) groups is 4. The van der Waals surface area contributed by atoms with Crippen LogP contribution in [0.25, 0.3) is 0 Å². The van der Waals surface area contributed by atoms with Gasteiger partial charge in [-0.2, -0.15) is 0 Å². The van der Waals surface area contributed by atoms with Crippen molar-refractivity contribution in [2.24, 2.45) is 5.41 Å². The van der Waals surface area contributed by atoms with E-state index >= 15 is 0 Å². The molecule has 27 heavy (non-hydrogen) atoms. The average molecular weight is 388 g/mol. The molecule has 0 bridgehead atoms. The van der Waals surface area contributed by atoms with Crippen LogP contribution in [0.1, 0.15) is 66.2 Å². The summed E-state index contributed by atoms with van der Waals surface area (Å²) in [6, 6.07) is 0. The zero-order valence-electron chi connectivity index (χ0n) is 16.8. The van der Waals surface area contributed by atoms with E-state index in [2.05, 4.69) is 0 Å². The molecule has 0 aromatic rings. The Kier molecular flexibility index (Phi) is 12.9. The van der Waals surface area contributed by atoms with Crippen molar-refractivity contribution in [1.82, 2.24) is 0 Å². The highest BCUT2D eigenvalue weighted by Gasteiger charge is 2.37. The molecule has 0 amide bonds. The lowest BCUT2D eigenvalue weighted by Gasteiger charge is -2.31. The number of hydrogen-bond donors (Lipinski definition) is 0. The second kappa shape index (κ2) is 14.0. The van der Waals surface area contributed by atoms with Gasteiger partial charge in [0.1, 0.15) is 31.8 Å². The predicted molar refractivity (Wildman–Crippen MR) is 96.7 cm³/mol. The van der Waals surface area contributed by atoms with Crippen LogP contribution in [0.4, 0.5) is 0 Å². The summed E-state index contributed by atoms with van der Waals surface area (Å²) < 4.78 is 20.9. The summed E-state index contributed by atoms with van der Waals surface area (Å²) in [5.74, 6) is -1.77. The summed E-state index contributed by atoms with van der Waals surface area (Å²) in [6.07, 6.45) is 2.02. The normalized spacial score (nSPS) is 10.8. The van der Waals surface area contributed by atoms with Crippen LogP contribution in [0.5, 0.6) is 0 Å². The van der Waals surface area contributed by atoms with Gasteiger partial charge < -0.3 is 18.9 Å². The Morgan fingerprint density at radius 3 is 1.11 bits per heavy atom. The minimum Gasteiger partial charge on any atom is -0.465 e. The van der Waals surface area contributed by atoms with Crippen molar-refractivity contribution in [3.05, 3.63) is 0 Å². The molecule has 0 N–H and O–H groups in total. The third-order valence-corrected chi connectivity index (χ3v) is 3.64. The zero-order chi connectivity index (χ0) is 20.7. The van der Waals surface area contributed by atoms with Gasteiger partial charge in [-0.05, 0) is 12.8 Å². The summed E-state index contributed by atoms with van der Waals surface area (Å²) in [6.45, 7) is 6.18. The molecule has 0 rings (SSSR count). The van der Waals surface area contributed by atoms with E-state index in [1.165, 1.54) is 0 Å². The van der Waals surface area contributed by atoms with Gasteiger partial charge in [-0.25, -0.2) is 0 Å². The molecule has 0 aromatic heterocycles. The van der Waals surface area contributed by atoms with Crippen LogP contribution in [0.15, 0.2) is 0 Å². The molecule has 0 radical (unpaired) electrons. The maximum atomic E-state index is 11.8. The van der Waals surface area contributed by atoms with Gasteiger partial charge in [0, 0.05) is 25.7 Å². The molecule has 0 aliphatic heterocycles. The van der Waals surface area contributed by atoms with E-state index in [0.717, 1.165) is 0 Å². The SMILES string of the molecule is CCCC(=O)OCC(COC(=O)CC)(COC(=O)CC)COC(=O)CCC. The Labute approximate surface area is 160 Å². The van der Waals surface area contributed by atoms with Gasteiger partial charge in [0.05, 0.1) is 0 Å². The zero-order valence-corrected chi connectivity index (χ0v) is 16.8. The second-order valence-corrected chi connectivity index (χ2v) is 6.35. The smallest absolute Gasteiger partial charge is 0.305 e. The van der Waals surface area contributed by atoms with Crippen molar-refractivity contribution >= 4 is 23.9 Å². The largest absolute Gasteiger partial charge is 0.465 e. The highest BCUT2D eigenvalue weighted by Crippen LogP contribution is 2.22. The number of hydrogen-bond acceptors (Lipinski definition) is 8. The topological polar surface area (TPSA) is 105 Å². The molecule has 8 heteroatoms. The second-order valence-electron chi connectivity index (χ2n) is 6.35. The molecular formula is C19H32O8. The molecule has 0 heterocycles. The predicted octanol–water partition coefficient (Wildman–Crippen LogP) is 2.57. The summed E-state index contributed by atoms with van der Waals surface area (Å²) in [4.78, 5) is 46.7. The first-order valence-corrected chi connectivity index (χ1v) is 9.44. The van der Waals surface area contributed by atoms with E-state index in [1.807, 2.05) is 13.8 Å². The number of ether oxygens (including phenoxy) is 4. The number of esters is 4. The molecule has 0 saturated carbocycles. The first-order valence-electron chi connectivity index (χ1n) is 9.44. The van der Waals surface area contributed by atoms with Crippen LogP contribution in [0.3, 0.4) is 0 Å². The Bertz CT molecular complexity index is 442. The van der Waals surface area contributed by atoms with E-state index in [-0.39, 0.29) is 52.1 Å². The summed E-state index contributed by atoms with van der Waals surface area (Å²) in [5.41, 5.74) is -1.15. The molecule has 0 aliphatic carbocycles. The van der Waals surface area contributed by atoms with Gasteiger partial charge in [-0.3, -0.25) is 19.2 Å². The quantitative estimate of drug-likeness (QED) is 0.330. The molecule has 0 aliphatic rings. The summed E-state index contributed by atoms with van der Waals surface area (Å²) in [7, 11) is 0. The van der Waals surface area contributed by atoms with Gasteiger partial charge in [0.2, 0.25) is 0 Å². The molecule has 0 atom stereocenters. The van der Waals surface area contributed by atoms with Crippen molar-refractivity contribution < 1.29 is 38.1 Å². The van der Waals surface area contributed by atoms with Crippen LogP contribution in [0.2, 0.25) is 0 Å². The van der Waals surface area contributed by atoms with Crippen LogP contribution in [-0.2, 0) is 38.1 Å². The fraction of sp³-hybridized carbons (Fsp3) is 0.789. The van der Waals surface area contributed by atoms with E-state index in [0.29, 0.717) is 12.8 Å². The van der Waals surface area contributed by atoms with E-state index in [9.17, 15) is 19.2 Å². The maximum Gasteiger partial charge on any atom is 0.305 e. The Morgan fingerprint density at radius 2 is 0.852 bits per heavy atom. The minimum atomic E-state index is -1.15.